The minimum atomic E-state index is -0.592. The van der Waals surface area contributed by atoms with Gasteiger partial charge in [0, 0.05) is 12.7 Å². The molecule has 0 radical (unpaired) electrons. The third-order valence-electron chi connectivity index (χ3n) is 4.29. The molecule has 0 saturated heterocycles. The van der Waals surface area contributed by atoms with Crippen molar-refractivity contribution in [3.8, 4) is 0 Å². The van der Waals surface area contributed by atoms with Crippen LogP contribution in [0.5, 0.6) is 0 Å². The van der Waals surface area contributed by atoms with Gasteiger partial charge in [0.25, 0.3) is 0 Å². The van der Waals surface area contributed by atoms with E-state index < -0.39 is 23.3 Å². The largest absolute Gasteiger partial charge is 0.373 e. The molecule has 0 heterocycles. The predicted molar refractivity (Wildman–Crippen MR) is 78.5 cm³/mol. The van der Waals surface area contributed by atoms with Crippen LogP contribution in [0.15, 0.2) is 18.2 Å². The Kier molecular flexibility index (Phi) is 5.67. The smallest absolute Gasteiger partial charge is 0.126 e. The second-order valence-electron chi connectivity index (χ2n) is 5.71. The number of ether oxygens (including phenoxy) is 1. The third-order valence-corrected chi connectivity index (χ3v) is 4.29. The highest BCUT2D eigenvalue weighted by atomic mass is 19.1. The fourth-order valence-electron chi connectivity index (χ4n) is 3.42. The average molecular weight is 298 g/mol. The molecule has 0 spiro atoms. The lowest BCUT2D eigenvalue weighted by Gasteiger charge is -2.40. The molecule has 3 nitrogen and oxygen atoms in total. The van der Waals surface area contributed by atoms with Gasteiger partial charge in [-0.15, -0.1) is 0 Å². The van der Waals surface area contributed by atoms with Gasteiger partial charge in [0.15, 0.2) is 0 Å². The van der Waals surface area contributed by atoms with Crippen LogP contribution in [0.25, 0.3) is 0 Å². The van der Waals surface area contributed by atoms with E-state index in [1.807, 2.05) is 6.92 Å². The van der Waals surface area contributed by atoms with Gasteiger partial charge in [-0.1, -0.05) is 25.7 Å². The van der Waals surface area contributed by atoms with Crippen molar-refractivity contribution in [2.45, 2.75) is 57.1 Å². The molecule has 2 rings (SSSR count). The number of hydrazine groups is 1. The molecular formula is C16H24F2N2O. The molecule has 0 aromatic heterocycles. The van der Waals surface area contributed by atoms with Gasteiger partial charge >= 0.3 is 0 Å². The maximum Gasteiger partial charge on any atom is 0.126 e. The highest BCUT2D eigenvalue weighted by Crippen LogP contribution is 2.40. The number of hydrogen-bond donors (Lipinski definition) is 2. The zero-order chi connectivity index (χ0) is 15.3. The minimum absolute atomic E-state index is 0.416. The standard InChI is InChI=1S/C16H24F2N2O/c1-2-21-16(7-5-3-4-6-8-16)15(20-19)12-9-13(17)11-14(18)10-12/h9-11,15,20H,2-8,19H2,1H3. The van der Waals surface area contributed by atoms with E-state index in [1.54, 1.807) is 0 Å². The van der Waals surface area contributed by atoms with Crippen LogP contribution < -0.4 is 11.3 Å². The van der Waals surface area contributed by atoms with Crippen LogP contribution in [-0.4, -0.2) is 12.2 Å². The van der Waals surface area contributed by atoms with Crippen LogP contribution >= 0.6 is 0 Å². The molecule has 5 heteroatoms. The van der Waals surface area contributed by atoms with Gasteiger partial charge in [-0.25, -0.2) is 8.78 Å². The van der Waals surface area contributed by atoms with Crippen molar-refractivity contribution in [2.24, 2.45) is 5.84 Å². The topological polar surface area (TPSA) is 47.3 Å². The van der Waals surface area contributed by atoms with E-state index in [2.05, 4.69) is 5.43 Å². The van der Waals surface area contributed by atoms with E-state index in [-0.39, 0.29) is 0 Å². The van der Waals surface area contributed by atoms with E-state index in [0.717, 1.165) is 44.6 Å². The molecule has 0 amide bonds. The van der Waals surface area contributed by atoms with Gasteiger partial charge < -0.3 is 4.74 Å². The van der Waals surface area contributed by atoms with Gasteiger partial charge in [-0.2, -0.15) is 0 Å². The quantitative estimate of drug-likeness (QED) is 0.496. The molecule has 0 bridgehead atoms. The summed E-state index contributed by atoms with van der Waals surface area (Å²) in [6.45, 7) is 2.49. The van der Waals surface area contributed by atoms with Gasteiger partial charge in [0.05, 0.1) is 11.6 Å². The summed E-state index contributed by atoms with van der Waals surface area (Å²) in [6, 6.07) is 3.12. The Bertz CT molecular complexity index is 439. The fourth-order valence-corrected chi connectivity index (χ4v) is 3.42. The first kappa shape index (κ1) is 16.3. The molecule has 1 atom stereocenters. The summed E-state index contributed by atoms with van der Waals surface area (Å²) in [5.74, 6) is 4.54. The molecule has 1 aromatic carbocycles. The third kappa shape index (κ3) is 3.78. The lowest BCUT2D eigenvalue weighted by atomic mass is 9.82. The first-order valence-corrected chi connectivity index (χ1v) is 7.67. The minimum Gasteiger partial charge on any atom is -0.373 e. The molecule has 0 aliphatic heterocycles. The van der Waals surface area contributed by atoms with Gasteiger partial charge in [-0.3, -0.25) is 11.3 Å². The fraction of sp³-hybridized carbons (Fsp3) is 0.625. The summed E-state index contributed by atoms with van der Waals surface area (Å²) in [4.78, 5) is 0. The predicted octanol–water partition coefficient (Wildman–Crippen LogP) is 3.60. The van der Waals surface area contributed by atoms with Crippen LogP contribution in [-0.2, 0) is 4.74 Å². The van der Waals surface area contributed by atoms with E-state index in [0.29, 0.717) is 12.2 Å². The van der Waals surface area contributed by atoms with Crippen LogP contribution in [0, 0.1) is 11.6 Å². The number of nitrogens with one attached hydrogen (secondary N) is 1. The first-order valence-electron chi connectivity index (χ1n) is 7.67. The molecular weight excluding hydrogens is 274 g/mol. The molecule has 1 unspecified atom stereocenters. The molecule has 21 heavy (non-hydrogen) atoms. The highest BCUT2D eigenvalue weighted by molar-refractivity contribution is 5.24. The van der Waals surface area contributed by atoms with Crippen molar-refractivity contribution >= 4 is 0 Å². The first-order chi connectivity index (χ1) is 10.1. The monoisotopic (exact) mass is 298 g/mol. The van der Waals surface area contributed by atoms with Crippen molar-refractivity contribution in [3.05, 3.63) is 35.4 Å². The van der Waals surface area contributed by atoms with Gasteiger partial charge in [-0.05, 0) is 37.5 Å². The Morgan fingerprint density at radius 1 is 1.14 bits per heavy atom. The Morgan fingerprint density at radius 2 is 1.71 bits per heavy atom. The van der Waals surface area contributed by atoms with Gasteiger partial charge in [0.1, 0.15) is 11.6 Å². The summed E-state index contributed by atoms with van der Waals surface area (Å²) in [6.07, 6.45) is 6.07. The molecule has 1 aliphatic carbocycles. The van der Waals surface area contributed by atoms with Crippen molar-refractivity contribution in [3.63, 3.8) is 0 Å². The second-order valence-corrected chi connectivity index (χ2v) is 5.71. The summed E-state index contributed by atoms with van der Waals surface area (Å²) in [5.41, 5.74) is 2.74. The molecule has 118 valence electrons. The zero-order valence-electron chi connectivity index (χ0n) is 12.5. The number of rotatable bonds is 5. The molecule has 1 aromatic rings. The van der Waals surface area contributed by atoms with E-state index in [9.17, 15) is 8.78 Å². The highest BCUT2D eigenvalue weighted by Gasteiger charge is 2.40. The lowest BCUT2D eigenvalue weighted by molar-refractivity contribution is -0.0783. The second kappa shape index (κ2) is 7.29. The summed E-state index contributed by atoms with van der Waals surface area (Å²) in [5, 5.41) is 0. The maximum absolute atomic E-state index is 13.5. The number of benzene rings is 1. The Balaban J connectivity index is 2.38. The Morgan fingerprint density at radius 3 is 2.19 bits per heavy atom. The SMILES string of the molecule is CCOC1(C(NN)c2cc(F)cc(F)c2)CCCCCC1. The number of hydrogen-bond acceptors (Lipinski definition) is 3. The molecule has 1 aliphatic rings. The van der Waals surface area contributed by atoms with Crippen molar-refractivity contribution < 1.29 is 13.5 Å². The summed E-state index contributed by atoms with van der Waals surface area (Å²) < 4.78 is 33.1. The van der Waals surface area contributed by atoms with Gasteiger partial charge in [0.2, 0.25) is 0 Å². The van der Waals surface area contributed by atoms with Crippen LogP contribution in [0.3, 0.4) is 0 Å². The Labute approximate surface area is 124 Å². The lowest BCUT2D eigenvalue weighted by Crippen LogP contribution is -2.48. The van der Waals surface area contributed by atoms with Crippen LogP contribution in [0.1, 0.15) is 57.1 Å². The molecule has 1 fully saturated rings. The van der Waals surface area contributed by atoms with Crippen LogP contribution in [0.2, 0.25) is 0 Å². The average Bonchev–Trinajstić information content (AvgIpc) is 2.65. The van der Waals surface area contributed by atoms with Crippen molar-refractivity contribution in [1.29, 1.82) is 0 Å². The molecule has 3 N–H and O–H groups in total. The Hall–Kier alpha value is -1.04. The van der Waals surface area contributed by atoms with Crippen LogP contribution in [0.4, 0.5) is 8.78 Å². The van der Waals surface area contributed by atoms with Crippen molar-refractivity contribution in [2.75, 3.05) is 6.61 Å². The van der Waals surface area contributed by atoms with E-state index >= 15 is 0 Å². The number of halogens is 2. The number of nitrogens with two attached hydrogens (primary N) is 1. The van der Waals surface area contributed by atoms with Crippen molar-refractivity contribution in [1.82, 2.24) is 5.43 Å². The molecule has 1 saturated carbocycles. The zero-order valence-corrected chi connectivity index (χ0v) is 12.5. The summed E-state index contributed by atoms with van der Waals surface area (Å²) in [7, 11) is 0. The normalized spacial score (nSPS) is 20.0. The summed E-state index contributed by atoms with van der Waals surface area (Å²) >= 11 is 0. The van der Waals surface area contributed by atoms with E-state index in [1.165, 1.54) is 12.1 Å². The maximum atomic E-state index is 13.5. The van der Waals surface area contributed by atoms with E-state index in [4.69, 9.17) is 10.6 Å².